The van der Waals surface area contributed by atoms with Crippen LogP contribution < -0.4 is 0 Å². The molecule has 0 atom stereocenters. The van der Waals surface area contributed by atoms with E-state index in [1.807, 2.05) is 24.3 Å². The molecule has 0 saturated carbocycles. The normalized spacial score (nSPS) is 10.6. The van der Waals surface area contributed by atoms with Gasteiger partial charge in [-0.05, 0) is 17.5 Å². The van der Waals surface area contributed by atoms with E-state index >= 15 is 0 Å². The Hall–Kier alpha value is -2.03. The van der Waals surface area contributed by atoms with Gasteiger partial charge in [-0.2, -0.15) is 0 Å². The number of hydrogen-bond acceptors (Lipinski definition) is 3. The lowest BCUT2D eigenvalue weighted by Crippen LogP contribution is -2.06. The highest BCUT2D eigenvalue weighted by atomic mass is 16.1. The molecule has 0 spiro atoms. The van der Waals surface area contributed by atoms with Crippen molar-refractivity contribution in [1.82, 2.24) is 9.97 Å². The number of aromatic nitrogens is 2. The van der Waals surface area contributed by atoms with Crippen molar-refractivity contribution in [1.29, 1.82) is 0 Å². The fraction of sp³-hybridized carbons (Fsp3) is 0.267. The zero-order valence-corrected chi connectivity index (χ0v) is 10.6. The van der Waals surface area contributed by atoms with Crippen molar-refractivity contribution in [3.05, 3.63) is 59.7 Å². The zero-order chi connectivity index (χ0) is 13.0. The topological polar surface area (TPSA) is 42.9 Å². The van der Waals surface area contributed by atoms with Gasteiger partial charge in [0, 0.05) is 18.0 Å². The van der Waals surface area contributed by atoms with Crippen LogP contribution in [0.5, 0.6) is 0 Å². The quantitative estimate of drug-likeness (QED) is 0.771. The van der Waals surface area contributed by atoms with E-state index in [0.29, 0.717) is 17.3 Å². The Bertz CT molecular complexity index is 518. The van der Waals surface area contributed by atoms with Crippen LogP contribution >= 0.6 is 0 Å². The monoisotopic (exact) mass is 240 g/mol. The zero-order valence-electron chi connectivity index (χ0n) is 10.6. The molecule has 1 aromatic heterocycles. The van der Waals surface area contributed by atoms with Gasteiger partial charge in [0.15, 0.2) is 5.78 Å². The van der Waals surface area contributed by atoms with Crippen molar-refractivity contribution in [2.45, 2.75) is 26.2 Å². The number of carbonyl (C=O) groups excluding carboxylic acids is 1. The molecule has 0 amide bonds. The molecule has 0 aliphatic heterocycles. The highest BCUT2D eigenvalue weighted by Crippen LogP contribution is 2.15. The molecule has 1 aromatic carbocycles. The van der Waals surface area contributed by atoms with Crippen molar-refractivity contribution < 1.29 is 4.79 Å². The van der Waals surface area contributed by atoms with Crippen molar-refractivity contribution in [3.8, 4) is 0 Å². The summed E-state index contributed by atoms with van der Waals surface area (Å²) < 4.78 is 0. The summed E-state index contributed by atoms with van der Waals surface area (Å²) in [7, 11) is 0. The molecule has 0 aliphatic rings. The number of ketones is 1. The van der Waals surface area contributed by atoms with Crippen LogP contribution in [0.25, 0.3) is 0 Å². The molecule has 0 unspecified atom stereocenters. The maximum Gasteiger partial charge on any atom is 0.170 e. The molecule has 3 heteroatoms. The van der Waals surface area contributed by atoms with Gasteiger partial charge in [-0.25, -0.2) is 9.97 Å². The highest BCUT2D eigenvalue weighted by Gasteiger charge is 2.09. The van der Waals surface area contributed by atoms with E-state index in [2.05, 4.69) is 23.8 Å². The fourth-order valence-electron chi connectivity index (χ4n) is 1.72. The summed E-state index contributed by atoms with van der Waals surface area (Å²) in [6, 6.07) is 9.50. The van der Waals surface area contributed by atoms with Crippen LogP contribution in [0, 0.1) is 0 Å². The molecule has 0 aliphatic carbocycles. The fourth-order valence-corrected chi connectivity index (χ4v) is 1.72. The maximum absolute atomic E-state index is 12.0. The smallest absolute Gasteiger partial charge is 0.170 e. The standard InChI is InChI=1S/C15H16N2O/c1-11(2)12-4-6-13(7-5-12)14(18)10-15-16-8-3-9-17-15/h3-9,11H,10H2,1-2H3. The molecular formula is C15H16N2O. The van der Waals surface area contributed by atoms with Gasteiger partial charge in [-0.15, -0.1) is 0 Å². The van der Waals surface area contributed by atoms with Crippen LogP contribution in [0.2, 0.25) is 0 Å². The summed E-state index contributed by atoms with van der Waals surface area (Å²) in [6.45, 7) is 4.27. The minimum atomic E-state index is 0.0523. The van der Waals surface area contributed by atoms with Gasteiger partial charge < -0.3 is 0 Å². The van der Waals surface area contributed by atoms with Crippen LogP contribution in [0.3, 0.4) is 0 Å². The molecule has 0 N–H and O–H groups in total. The number of Topliss-reactive ketones (excluding diaryl/α,β-unsaturated/α-hetero) is 1. The Balaban J connectivity index is 2.10. The molecule has 0 bridgehead atoms. The molecular weight excluding hydrogens is 224 g/mol. The number of nitrogens with zero attached hydrogens (tertiary/aromatic N) is 2. The molecule has 2 rings (SSSR count). The third-order valence-electron chi connectivity index (χ3n) is 2.84. The van der Waals surface area contributed by atoms with Crippen molar-refractivity contribution in [2.24, 2.45) is 0 Å². The minimum absolute atomic E-state index is 0.0523. The van der Waals surface area contributed by atoms with E-state index in [9.17, 15) is 4.79 Å². The summed E-state index contributed by atoms with van der Waals surface area (Å²) in [6.07, 6.45) is 3.55. The molecule has 2 aromatic rings. The summed E-state index contributed by atoms with van der Waals surface area (Å²) in [5.41, 5.74) is 1.95. The van der Waals surface area contributed by atoms with Crippen molar-refractivity contribution >= 4 is 5.78 Å². The maximum atomic E-state index is 12.0. The Morgan fingerprint density at radius 3 is 2.28 bits per heavy atom. The first-order valence-corrected chi connectivity index (χ1v) is 6.06. The van der Waals surface area contributed by atoms with Gasteiger partial charge in [-0.3, -0.25) is 4.79 Å². The number of carbonyl (C=O) groups is 1. The van der Waals surface area contributed by atoms with E-state index in [0.717, 1.165) is 0 Å². The van der Waals surface area contributed by atoms with Gasteiger partial charge in [0.1, 0.15) is 5.82 Å². The number of rotatable bonds is 4. The molecule has 0 fully saturated rings. The Morgan fingerprint density at radius 2 is 1.72 bits per heavy atom. The molecule has 1 heterocycles. The van der Waals surface area contributed by atoms with Crippen LogP contribution in [0.4, 0.5) is 0 Å². The number of benzene rings is 1. The summed E-state index contributed by atoms with van der Waals surface area (Å²) in [5, 5.41) is 0. The summed E-state index contributed by atoms with van der Waals surface area (Å²) in [5.74, 6) is 1.10. The van der Waals surface area contributed by atoms with E-state index in [-0.39, 0.29) is 12.2 Å². The van der Waals surface area contributed by atoms with E-state index in [1.165, 1.54) is 5.56 Å². The van der Waals surface area contributed by atoms with E-state index in [4.69, 9.17) is 0 Å². The van der Waals surface area contributed by atoms with Gasteiger partial charge in [0.2, 0.25) is 0 Å². The second-order valence-corrected chi connectivity index (χ2v) is 4.54. The lowest BCUT2D eigenvalue weighted by atomic mass is 10.00. The Kier molecular flexibility index (Phi) is 3.82. The minimum Gasteiger partial charge on any atom is -0.294 e. The molecule has 18 heavy (non-hydrogen) atoms. The third kappa shape index (κ3) is 3.00. The summed E-state index contributed by atoms with van der Waals surface area (Å²) in [4.78, 5) is 20.1. The van der Waals surface area contributed by atoms with E-state index in [1.54, 1.807) is 18.5 Å². The van der Waals surface area contributed by atoms with E-state index < -0.39 is 0 Å². The molecule has 0 saturated heterocycles. The first-order chi connectivity index (χ1) is 8.66. The SMILES string of the molecule is CC(C)c1ccc(C(=O)Cc2ncccn2)cc1. The summed E-state index contributed by atoms with van der Waals surface area (Å²) >= 11 is 0. The third-order valence-corrected chi connectivity index (χ3v) is 2.84. The van der Waals surface area contributed by atoms with Gasteiger partial charge in [-0.1, -0.05) is 38.1 Å². The van der Waals surface area contributed by atoms with Gasteiger partial charge in [0.05, 0.1) is 6.42 Å². The predicted octanol–water partition coefficient (Wildman–Crippen LogP) is 3.03. The largest absolute Gasteiger partial charge is 0.294 e. The Labute approximate surface area is 107 Å². The van der Waals surface area contributed by atoms with Gasteiger partial charge in [0.25, 0.3) is 0 Å². The average molecular weight is 240 g/mol. The average Bonchev–Trinajstić information content (AvgIpc) is 2.40. The van der Waals surface area contributed by atoms with Gasteiger partial charge >= 0.3 is 0 Å². The lowest BCUT2D eigenvalue weighted by molar-refractivity contribution is 0.0991. The lowest BCUT2D eigenvalue weighted by Gasteiger charge is -2.06. The predicted molar refractivity (Wildman–Crippen MR) is 70.6 cm³/mol. The van der Waals surface area contributed by atoms with Crippen LogP contribution in [-0.4, -0.2) is 15.8 Å². The van der Waals surface area contributed by atoms with Crippen LogP contribution in [0.1, 0.15) is 41.5 Å². The first-order valence-electron chi connectivity index (χ1n) is 6.06. The molecule has 3 nitrogen and oxygen atoms in total. The van der Waals surface area contributed by atoms with Crippen LogP contribution in [0.15, 0.2) is 42.7 Å². The number of hydrogen-bond donors (Lipinski definition) is 0. The van der Waals surface area contributed by atoms with Crippen molar-refractivity contribution in [2.75, 3.05) is 0 Å². The highest BCUT2D eigenvalue weighted by molar-refractivity contribution is 5.97. The van der Waals surface area contributed by atoms with Crippen LogP contribution in [-0.2, 0) is 6.42 Å². The molecule has 0 radical (unpaired) electrons. The second-order valence-electron chi connectivity index (χ2n) is 4.54. The first kappa shape index (κ1) is 12.4. The second kappa shape index (κ2) is 5.54. The van der Waals surface area contributed by atoms with Crippen molar-refractivity contribution in [3.63, 3.8) is 0 Å². The Morgan fingerprint density at radius 1 is 1.11 bits per heavy atom. The molecule has 92 valence electrons.